The fourth-order valence-electron chi connectivity index (χ4n) is 4.25. The van der Waals surface area contributed by atoms with Crippen LogP contribution < -0.4 is 20.7 Å². The summed E-state index contributed by atoms with van der Waals surface area (Å²) in [6.07, 6.45) is -5.88. The van der Waals surface area contributed by atoms with Gasteiger partial charge in [-0.1, -0.05) is 30.3 Å². The Hall–Kier alpha value is -4.87. The van der Waals surface area contributed by atoms with Crippen LogP contribution in [-0.4, -0.2) is 29.6 Å². The number of carboxylic acids is 1. The maximum Gasteiger partial charge on any atom is 0.416 e. The van der Waals surface area contributed by atoms with Crippen molar-refractivity contribution in [2.45, 2.75) is 25.4 Å². The van der Waals surface area contributed by atoms with Crippen molar-refractivity contribution in [1.82, 2.24) is 5.32 Å². The molecule has 0 aliphatic heterocycles. The Kier molecular flexibility index (Phi) is 9.46. The highest BCUT2D eigenvalue weighted by Gasteiger charge is 2.31. The van der Waals surface area contributed by atoms with Crippen LogP contribution in [0.2, 0.25) is 0 Å². The molecule has 0 saturated heterocycles. The minimum Gasteiger partial charge on any atom is -0.497 e. The maximum absolute atomic E-state index is 13.6. The van der Waals surface area contributed by atoms with E-state index in [1.807, 2.05) is 24.3 Å². The first-order valence-corrected chi connectivity index (χ1v) is 12.8. The lowest BCUT2D eigenvalue weighted by molar-refractivity contribution is -0.137. The standard InChI is InChI=1S/C31H28F3N3O5/c1-42-22-10-6-19(7-11-22)16-35-17-20-8-12-26(24(14-20)29(39)18-38)37-28-15-21(31(32,33)34)9-13-27(28)36-25-5-3-2-4-23(25)30(40)41/h2-15,18,29,35-37,39H,16-17H2,1H3,(H,40,41). The molecule has 42 heavy (non-hydrogen) atoms. The van der Waals surface area contributed by atoms with Crippen LogP contribution in [0.25, 0.3) is 0 Å². The molecule has 1 atom stereocenters. The summed E-state index contributed by atoms with van der Waals surface area (Å²) in [5.74, 6) is -0.480. The summed E-state index contributed by atoms with van der Waals surface area (Å²) in [7, 11) is 1.58. The zero-order valence-electron chi connectivity index (χ0n) is 22.4. The molecule has 0 radical (unpaired) electrons. The SMILES string of the molecule is COc1ccc(CNCc2ccc(Nc3cc(C(F)(F)F)ccc3Nc3ccccc3C(=O)O)c(C(O)C=O)c2)cc1. The summed E-state index contributed by atoms with van der Waals surface area (Å²) < 4.78 is 46.0. The summed E-state index contributed by atoms with van der Waals surface area (Å²) in [4.78, 5) is 23.2. The first-order chi connectivity index (χ1) is 20.1. The molecule has 218 valence electrons. The number of ether oxygens (including phenoxy) is 1. The fourth-order valence-corrected chi connectivity index (χ4v) is 4.25. The number of hydrogen-bond donors (Lipinski definition) is 5. The Morgan fingerprint density at radius 1 is 0.857 bits per heavy atom. The molecule has 0 spiro atoms. The molecule has 0 aromatic heterocycles. The molecule has 8 nitrogen and oxygen atoms in total. The highest BCUT2D eigenvalue weighted by molar-refractivity contribution is 5.96. The van der Waals surface area contributed by atoms with Crippen LogP contribution in [0, 0.1) is 0 Å². The summed E-state index contributed by atoms with van der Waals surface area (Å²) in [6, 6.07) is 21.2. The summed E-state index contributed by atoms with van der Waals surface area (Å²) >= 11 is 0. The second-order valence-electron chi connectivity index (χ2n) is 9.31. The number of nitrogens with one attached hydrogen (secondary N) is 3. The van der Waals surface area contributed by atoms with Crippen LogP contribution in [0.3, 0.4) is 0 Å². The first-order valence-electron chi connectivity index (χ1n) is 12.8. The van der Waals surface area contributed by atoms with Gasteiger partial charge in [0.2, 0.25) is 0 Å². The van der Waals surface area contributed by atoms with Crippen LogP contribution in [0.15, 0.2) is 84.9 Å². The van der Waals surface area contributed by atoms with E-state index in [2.05, 4.69) is 16.0 Å². The Balaban J connectivity index is 1.62. The number of para-hydroxylation sites is 1. The van der Waals surface area contributed by atoms with Gasteiger partial charge in [-0.05, 0) is 65.7 Å². The number of aliphatic hydroxyl groups excluding tert-OH is 1. The number of benzene rings is 4. The van der Waals surface area contributed by atoms with Crippen LogP contribution in [-0.2, 0) is 24.1 Å². The quantitative estimate of drug-likeness (QED) is 0.122. The van der Waals surface area contributed by atoms with Crippen LogP contribution in [0.5, 0.6) is 5.75 Å². The van der Waals surface area contributed by atoms with Gasteiger partial charge in [-0.15, -0.1) is 0 Å². The molecule has 0 saturated carbocycles. The van der Waals surface area contributed by atoms with E-state index < -0.39 is 23.8 Å². The topological polar surface area (TPSA) is 120 Å². The van der Waals surface area contributed by atoms with Gasteiger partial charge in [0, 0.05) is 24.3 Å². The Morgan fingerprint density at radius 2 is 1.50 bits per heavy atom. The van der Waals surface area contributed by atoms with Gasteiger partial charge in [0.1, 0.15) is 11.9 Å². The number of hydrogen-bond acceptors (Lipinski definition) is 7. The fraction of sp³-hybridized carbons (Fsp3) is 0.161. The number of anilines is 4. The van der Waals surface area contributed by atoms with Crippen molar-refractivity contribution in [2.75, 3.05) is 17.7 Å². The zero-order valence-corrected chi connectivity index (χ0v) is 22.4. The van der Waals surface area contributed by atoms with E-state index >= 15 is 0 Å². The number of aromatic carboxylic acids is 1. The number of aliphatic hydroxyl groups is 1. The van der Waals surface area contributed by atoms with Gasteiger partial charge in [0.15, 0.2) is 6.29 Å². The van der Waals surface area contributed by atoms with Crippen LogP contribution >= 0.6 is 0 Å². The van der Waals surface area contributed by atoms with Crippen LogP contribution in [0.4, 0.5) is 35.9 Å². The Labute approximate surface area is 239 Å². The number of carbonyl (C=O) groups excluding carboxylic acids is 1. The highest BCUT2D eigenvalue weighted by Crippen LogP contribution is 2.38. The number of halogens is 3. The number of carboxylic acid groups (broad SMARTS) is 1. The Bertz CT molecular complexity index is 1560. The van der Waals surface area contributed by atoms with E-state index in [0.717, 1.165) is 29.0 Å². The van der Waals surface area contributed by atoms with Crippen molar-refractivity contribution >= 4 is 35.0 Å². The van der Waals surface area contributed by atoms with Gasteiger partial charge in [0.05, 0.1) is 35.3 Å². The smallest absolute Gasteiger partial charge is 0.416 e. The van der Waals surface area contributed by atoms with Crippen molar-refractivity contribution in [1.29, 1.82) is 0 Å². The molecular weight excluding hydrogens is 551 g/mol. The van der Waals surface area contributed by atoms with Gasteiger partial charge in [-0.2, -0.15) is 13.2 Å². The molecule has 0 aliphatic carbocycles. The third-order valence-electron chi connectivity index (χ3n) is 6.42. The van der Waals surface area contributed by atoms with Crippen molar-refractivity contribution in [3.05, 3.63) is 113 Å². The molecule has 0 fully saturated rings. The molecule has 1 unspecified atom stereocenters. The van der Waals surface area contributed by atoms with E-state index in [1.54, 1.807) is 31.4 Å². The van der Waals surface area contributed by atoms with Gasteiger partial charge in [-0.25, -0.2) is 4.79 Å². The van der Waals surface area contributed by atoms with E-state index in [1.165, 1.54) is 24.3 Å². The maximum atomic E-state index is 13.6. The van der Waals surface area contributed by atoms with E-state index in [0.29, 0.717) is 19.4 Å². The van der Waals surface area contributed by atoms with Crippen molar-refractivity contribution in [3.8, 4) is 5.75 Å². The molecule has 0 heterocycles. The average Bonchev–Trinajstić information content (AvgIpc) is 2.98. The number of carbonyl (C=O) groups is 2. The molecular formula is C31H28F3N3O5. The van der Waals surface area contributed by atoms with Gasteiger partial charge < -0.3 is 35.7 Å². The van der Waals surface area contributed by atoms with Crippen LogP contribution in [0.1, 0.15) is 38.7 Å². The summed E-state index contributed by atoms with van der Waals surface area (Å²) in [5.41, 5.74) is 1.33. The number of methoxy groups -OCH3 is 1. The summed E-state index contributed by atoms with van der Waals surface area (Å²) in [5, 5.41) is 29.0. The van der Waals surface area contributed by atoms with Crippen molar-refractivity contribution in [2.24, 2.45) is 0 Å². The average molecular weight is 580 g/mol. The number of alkyl halides is 3. The molecule has 4 aromatic carbocycles. The van der Waals surface area contributed by atoms with E-state index in [9.17, 15) is 33.0 Å². The lowest BCUT2D eigenvalue weighted by Crippen LogP contribution is -2.14. The van der Waals surface area contributed by atoms with Gasteiger partial charge in [0.25, 0.3) is 0 Å². The van der Waals surface area contributed by atoms with Crippen molar-refractivity contribution < 1.29 is 37.7 Å². The molecule has 0 aliphatic rings. The molecule has 5 N–H and O–H groups in total. The molecule has 0 bridgehead atoms. The number of rotatable bonds is 12. The lowest BCUT2D eigenvalue weighted by Gasteiger charge is -2.20. The third-order valence-corrected chi connectivity index (χ3v) is 6.42. The normalized spacial score (nSPS) is 11.9. The predicted octanol–water partition coefficient (Wildman–Crippen LogP) is 6.42. The van der Waals surface area contributed by atoms with Crippen molar-refractivity contribution in [3.63, 3.8) is 0 Å². The number of aldehydes is 1. The monoisotopic (exact) mass is 579 g/mol. The predicted molar refractivity (Wildman–Crippen MR) is 152 cm³/mol. The Morgan fingerprint density at radius 3 is 2.17 bits per heavy atom. The molecule has 11 heteroatoms. The minimum absolute atomic E-state index is 0.0465. The van der Waals surface area contributed by atoms with Gasteiger partial charge in [-0.3, -0.25) is 0 Å². The second-order valence-corrected chi connectivity index (χ2v) is 9.31. The third kappa shape index (κ3) is 7.45. The summed E-state index contributed by atoms with van der Waals surface area (Å²) in [6.45, 7) is 0.917. The lowest BCUT2D eigenvalue weighted by atomic mass is 10.0. The molecule has 4 aromatic rings. The minimum atomic E-state index is -4.65. The molecule has 4 rings (SSSR count). The largest absolute Gasteiger partial charge is 0.497 e. The van der Waals surface area contributed by atoms with Gasteiger partial charge >= 0.3 is 12.1 Å². The first kappa shape index (κ1) is 30.1. The zero-order chi connectivity index (χ0) is 30.3. The molecule has 0 amide bonds. The van der Waals surface area contributed by atoms with E-state index in [4.69, 9.17) is 4.74 Å². The highest BCUT2D eigenvalue weighted by atomic mass is 19.4. The second kappa shape index (κ2) is 13.2. The van der Waals surface area contributed by atoms with E-state index in [-0.39, 0.29) is 33.9 Å².